The average molecular weight is 307 g/mol. The van der Waals surface area contributed by atoms with Gasteiger partial charge in [0.2, 0.25) is 5.91 Å². The van der Waals surface area contributed by atoms with Crippen LogP contribution in [0, 0.1) is 0 Å². The third kappa shape index (κ3) is 4.36. The summed E-state index contributed by atoms with van der Waals surface area (Å²) in [7, 11) is 4.15. The summed E-state index contributed by atoms with van der Waals surface area (Å²) in [5.74, 6) is -1.63. The van der Waals surface area contributed by atoms with Gasteiger partial charge in [0.1, 0.15) is 18.8 Å². The van der Waals surface area contributed by atoms with Gasteiger partial charge < -0.3 is 15.5 Å². The summed E-state index contributed by atoms with van der Waals surface area (Å²) in [4.78, 5) is 25.3. The van der Waals surface area contributed by atoms with E-state index in [2.05, 4.69) is 5.10 Å². The second-order valence-electron chi connectivity index (χ2n) is 4.64. The van der Waals surface area contributed by atoms with Gasteiger partial charge in [-0.15, -0.1) is 0 Å². The number of carbonyl (C=O) groups excluding carboxylic acids is 2. The van der Waals surface area contributed by atoms with Gasteiger partial charge in [0.25, 0.3) is 5.91 Å². The van der Waals surface area contributed by atoms with Crippen LogP contribution < -0.4 is 5.73 Å². The van der Waals surface area contributed by atoms with E-state index in [4.69, 9.17) is 5.73 Å². The van der Waals surface area contributed by atoms with Gasteiger partial charge in [-0.2, -0.15) is 18.3 Å². The van der Waals surface area contributed by atoms with E-state index in [1.165, 1.54) is 21.1 Å². The summed E-state index contributed by atoms with van der Waals surface area (Å²) in [5.41, 5.74) is 5.29. The first kappa shape index (κ1) is 16.8. The van der Waals surface area contributed by atoms with Gasteiger partial charge in [0, 0.05) is 21.1 Å². The maximum atomic E-state index is 12.6. The Labute approximate surface area is 119 Å². The summed E-state index contributed by atoms with van der Waals surface area (Å²) in [6.07, 6.45) is -3.47. The molecule has 0 aromatic carbocycles. The van der Waals surface area contributed by atoms with Crippen molar-refractivity contribution in [3.8, 4) is 0 Å². The van der Waals surface area contributed by atoms with Crippen LogP contribution in [0.25, 0.3) is 0 Å². The van der Waals surface area contributed by atoms with Crippen molar-refractivity contribution in [1.29, 1.82) is 0 Å². The van der Waals surface area contributed by atoms with Crippen molar-refractivity contribution in [3.05, 3.63) is 11.9 Å². The average Bonchev–Trinajstić information content (AvgIpc) is 2.65. The number of likely N-dealkylation sites (N-methyl/N-ethyl adjacent to an activating group) is 1. The second-order valence-corrected chi connectivity index (χ2v) is 4.64. The normalized spacial score (nSPS) is 11.3. The highest BCUT2D eigenvalue weighted by Gasteiger charge is 2.35. The lowest BCUT2D eigenvalue weighted by Crippen LogP contribution is -2.45. The highest BCUT2D eigenvalue weighted by Crippen LogP contribution is 2.20. The van der Waals surface area contributed by atoms with E-state index in [-0.39, 0.29) is 11.4 Å². The number of amides is 2. The number of anilines is 1. The van der Waals surface area contributed by atoms with Crippen molar-refractivity contribution in [2.45, 2.75) is 6.18 Å². The fourth-order valence-corrected chi connectivity index (χ4v) is 1.59. The molecule has 0 fully saturated rings. The van der Waals surface area contributed by atoms with E-state index in [1.807, 2.05) is 0 Å². The number of hydrogen-bond acceptors (Lipinski definition) is 4. The Morgan fingerprint density at radius 1 is 1.38 bits per heavy atom. The molecule has 118 valence electrons. The van der Waals surface area contributed by atoms with Gasteiger partial charge in [-0.1, -0.05) is 0 Å². The Bertz CT molecular complexity index is 519. The van der Waals surface area contributed by atoms with Crippen molar-refractivity contribution in [1.82, 2.24) is 19.6 Å². The van der Waals surface area contributed by atoms with Crippen LogP contribution in [-0.4, -0.2) is 64.8 Å². The van der Waals surface area contributed by atoms with Gasteiger partial charge in [0.05, 0.1) is 11.9 Å². The molecule has 0 atom stereocenters. The molecule has 1 aromatic rings. The van der Waals surface area contributed by atoms with Crippen LogP contribution in [0.15, 0.2) is 6.20 Å². The first-order valence-electron chi connectivity index (χ1n) is 5.86. The molecule has 0 aliphatic rings. The van der Waals surface area contributed by atoms with Crippen LogP contribution in [0.3, 0.4) is 0 Å². The lowest BCUT2D eigenvalue weighted by atomic mass is 10.3. The Morgan fingerprint density at radius 3 is 2.33 bits per heavy atom. The summed E-state index contributed by atoms with van der Waals surface area (Å²) >= 11 is 0. The number of alkyl halides is 3. The zero-order valence-electron chi connectivity index (χ0n) is 11.8. The number of aromatic nitrogens is 2. The van der Waals surface area contributed by atoms with Gasteiger partial charge in [-0.3, -0.25) is 14.3 Å². The van der Waals surface area contributed by atoms with Crippen LogP contribution in [0.1, 0.15) is 10.5 Å². The molecule has 1 heterocycles. The second kappa shape index (κ2) is 6.02. The Kier molecular flexibility index (Phi) is 4.81. The molecule has 0 aliphatic carbocycles. The molecule has 0 saturated carbocycles. The molecule has 21 heavy (non-hydrogen) atoms. The molecular formula is C11H16F3N5O2. The third-order valence-electron chi connectivity index (χ3n) is 2.65. The van der Waals surface area contributed by atoms with Crippen molar-refractivity contribution < 1.29 is 22.8 Å². The summed E-state index contributed by atoms with van der Waals surface area (Å²) in [5, 5.41) is 3.70. The molecule has 0 spiro atoms. The van der Waals surface area contributed by atoms with E-state index in [9.17, 15) is 22.8 Å². The molecule has 0 saturated heterocycles. The highest BCUT2D eigenvalue weighted by atomic mass is 19.4. The third-order valence-corrected chi connectivity index (χ3v) is 2.65. The first-order valence-corrected chi connectivity index (χ1v) is 5.86. The smallest absolute Gasteiger partial charge is 0.396 e. The van der Waals surface area contributed by atoms with Crippen molar-refractivity contribution in [3.63, 3.8) is 0 Å². The molecule has 0 radical (unpaired) electrons. The summed E-state index contributed by atoms with van der Waals surface area (Å²) in [6.45, 7) is -2.24. The zero-order chi connectivity index (χ0) is 16.4. The molecule has 1 aromatic heterocycles. The van der Waals surface area contributed by atoms with E-state index >= 15 is 0 Å². The maximum Gasteiger partial charge on any atom is 0.406 e. The molecule has 10 heteroatoms. The van der Waals surface area contributed by atoms with Crippen molar-refractivity contribution >= 4 is 17.5 Å². The van der Waals surface area contributed by atoms with E-state index in [0.29, 0.717) is 4.90 Å². The van der Waals surface area contributed by atoms with Crippen LogP contribution in [0.4, 0.5) is 18.9 Å². The van der Waals surface area contributed by atoms with Gasteiger partial charge in [-0.05, 0) is 0 Å². The van der Waals surface area contributed by atoms with E-state index < -0.39 is 31.1 Å². The number of rotatable bonds is 4. The van der Waals surface area contributed by atoms with Gasteiger partial charge in [-0.25, -0.2) is 0 Å². The Morgan fingerprint density at radius 2 is 1.95 bits per heavy atom. The minimum absolute atomic E-state index is 0.0491. The number of nitrogens with two attached hydrogens (primary N) is 1. The predicted octanol–water partition coefficient (Wildman–Crippen LogP) is 0.0950. The number of aryl methyl sites for hydroxylation is 1. The number of nitrogen functional groups attached to an aromatic ring is 1. The van der Waals surface area contributed by atoms with Crippen LogP contribution in [-0.2, 0) is 11.8 Å². The Balaban J connectivity index is 3.06. The molecule has 0 unspecified atom stereocenters. The van der Waals surface area contributed by atoms with Crippen LogP contribution >= 0.6 is 0 Å². The minimum Gasteiger partial charge on any atom is -0.396 e. The molecule has 2 N–H and O–H groups in total. The molecule has 2 amide bonds. The minimum atomic E-state index is -4.63. The zero-order valence-corrected chi connectivity index (χ0v) is 11.8. The lowest BCUT2D eigenvalue weighted by Gasteiger charge is -2.25. The fourth-order valence-electron chi connectivity index (χ4n) is 1.59. The SMILES string of the molecule is CN(C)C(=O)CN(CC(F)(F)F)C(=O)c1c(N)cnn1C. The van der Waals surface area contributed by atoms with Crippen LogP contribution in [0.5, 0.6) is 0 Å². The van der Waals surface area contributed by atoms with Crippen LogP contribution in [0.2, 0.25) is 0 Å². The number of carbonyl (C=O) groups is 2. The molecule has 0 aliphatic heterocycles. The monoisotopic (exact) mass is 307 g/mol. The molecule has 0 bridgehead atoms. The Hall–Kier alpha value is -2.26. The number of nitrogens with zero attached hydrogens (tertiary/aromatic N) is 4. The van der Waals surface area contributed by atoms with Crippen molar-refractivity contribution in [2.24, 2.45) is 7.05 Å². The number of halogens is 3. The number of hydrogen-bond donors (Lipinski definition) is 1. The quantitative estimate of drug-likeness (QED) is 0.855. The predicted molar refractivity (Wildman–Crippen MR) is 68.3 cm³/mol. The summed E-state index contributed by atoms with van der Waals surface area (Å²) in [6, 6.07) is 0. The maximum absolute atomic E-state index is 12.6. The fraction of sp³-hybridized carbons (Fsp3) is 0.545. The molecule has 7 nitrogen and oxygen atoms in total. The van der Waals surface area contributed by atoms with Crippen molar-refractivity contribution in [2.75, 3.05) is 32.9 Å². The highest BCUT2D eigenvalue weighted by molar-refractivity contribution is 5.99. The molecular weight excluding hydrogens is 291 g/mol. The van der Waals surface area contributed by atoms with Gasteiger partial charge in [0.15, 0.2) is 0 Å². The first-order chi connectivity index (χ1) is 9.53. The lowest BCUT2D eigenvalue weighted by molar-refractivity contribution is -0.146. The van der Waals surface area contributed by atoms with E-state index in [1.54, 1.807) is 0 Å². The standard InChI is InChI=1S/C11H16F3N5O2/c1-17(2)8(20)5-19(6-11(12,13)14)10(21)9-7(15)4-16-18(9)3/h4H,5-6,15H2,1-3H3. The summed E-state index contributed by atoms with van der Waals surface area (Å²) < 4.78 is 38.8. The van der Waals surface area contributed by atoms with Gasteiger partial charge >= 0.3 is 6.18 Å². The topological polar surface area (TPSA) is 84.5 Å². The largest absolute Gasteiger partial charge is 0.406 e. The molecule has 1 rings (SSSR count). The van der Waals surface area contributed by atoms with E-state index in [0.717, 1.165) is 15.8 Å².